The lowest BCUT2D eigenvalue weighted by molar-refractivity contribution is 0.752. The van der Waals surface area contributed by atoms with Crippen molar-refractivity contribution in [2.24, 2.45) is 0 Å². The largest absolute Gasteiger partial charge is 0.309 e. The second-order valence-corrected chi connectivity index (χ2v) is 29.4. The van der Waals surface area contributed by atoms with E-state index < -0.39 is 52.4 Å². The maximum Gasteiger partial charge on any atom is 0.179 e. The van der Waals surface area contributed by atoms with Crippen LogP contribution in [-0.2, 0) is 0 Å². The van der Waals surface area contributed by atoms with Crippen LogP contribution >= 0.6 is 0 Å². The number of hydrogen-bond donors (Lipinski definition) is 0. The minimum atomic E-state index is -3.92. The maximum absolute atomic E-state index is 9.31. The van der Waals surface area contributed by atoms with Gasteiger partial charge in [-0.1, -0.05) is 315 Å². The second-order valence-electron chi connectivity index (χ2n) is 21.8. The molecule has 2 bridgehead atoms. The van der Waals surface area contributed by atoms with Crippen molar-refractivity contribution in [3.05, 3.63) is 367 Å². The quantitative estimate of drug-likeness (QED) is 0.0899. The highest BCUT2D eigenvalue weighted by Gasteiger charge is 2.50. The van der Waals surface area contributed by atoms with Gasteiger partial charge in [0.25, 0.3) is 0 Å². The van der Waals surface area contributed by atoms with Gasteiger partial charge in [0, 0.05) is 22.6 Å². The molecule has 3 aliphatic rings. The van der Waals surface area contributed by atoms with E-state index in [1.165, 1.54) is 43.0 Å². The molecule has 0 aliphatic heterocycles. The molecule has 0 amide bonds. The van der Waals surface area contributed by atoms with E-state index in [0.29, 0.717) is 11.1 Å². The molecule has 17 rings (SSSR count). The number of benzene rings is 13. The van der Waals surface area contributed by atoms with Crippen molar-refractivity contribution < 1.29 is 13.7 Å². The average Bonchev–Trinajstić information content (AvgIpc) is 1.26. The molecular formula is C80H57NSi2. The van der Waals surface area contributed by atoms with Crippen molar-refractivity contribution >= 4 is 79.4 Å². The van der Waals surface area contributed by atoms with E-state index >= 15 is 0 Å². The Balaban J connectivity index is 0.993. The van der Waals surface area contributed by atoms with E-state index in [1.807, 2.05) is 54.6 Å². The molecule has 0 fully saturated rings. The highest BCUT2D eigenvalue weighted by atomic mass is 28.3. The molecule has 83 heavy (non-hydrogen) atoms. The molecule has 2 unspecified atom stereocenters. The van der Waals surface area contributed by atoms with Crippen molar-refractivity contribution in [3.8, 4) is 27.9 Å². The zero-order chi connectivity index (χ0) is 63.6. The fourth-order valence-electron chi connectivity index (χ4n) is 14.6. The zero-order valence-corrected chi connectivity index (χ0v) is 47.1. The summed E-state index contributed by atoms with van der Waals surface area (Å²) in [5.41, 5.74) is 11.4. The first-order valence-corrected chi connectivity index (χ1v) is 32.3. The summed E-state index contributed by atoms with van der Waals surface area (Å²) in [5, 5.41) is 11.2. The molecule has 0 spiro atoms. The summed E-state index contributed by atoms with van der Waals surface area (Å²) in [4.78, 5) is 0. The number of hydrogen-bond acceptors (Lipinski definition) is 0. The Kier molecular flexibility index (Phi) is 9.50. The van der Waals surface area contributed by atoms with Crippen LogP contribution in [0.3, 0.4) is 0 Å². The molecule has 0 N–H and O–H groups in total. The summed E-state index contributed by atoms with van der Waals surface area (Å²) >= 11 is 0. The number of nitrogens with zero attached hydrogens (tertiary/aromatic N) is 1. The first-order valence-electron chi connectivity index (χ1n) is 33.3. The van der Waals surface area contributed by atoms with Crippen LogP contribution in [0.15, 0.2) is 333 Å². The topological polar surface area (TPSA) is 4.93 Å². The van der Waals surface area contributed by atoms with Crippen molar-refractivity contribution in [2.45, 2.75) is 11.8 Å². The highest BCUT2D eigenvalue weighted by molar-refractivity contribution is 7.20. The van der Waals surface area contributed by atoms with Crippen LogP contribution in [-0.4, -0.2) is 20.7 Å². The van der Waals surface area contributed by atoms with Gasteiger partial charge in [0.2, 0.25) is 0 Å². The normalized spacial score (nSPS) is 16.0. The summed E-state index contributed by atoms with van der Waals surface area (Å²) in [7, 11) is -6.88. The number of fused-ring (bicyclic) bond motifs is 3. The molecule has 0 saturated heterocycles. The Hall–Kier alpha value is -9.91. The van der Waals surface area contributed by atoms with Crippen LogP contribution in [0.1, 0.15) is 58.9 Å². The van der Waals surface area contributed by atoms with E-state index in [4.69, 9.17) is 8.22 Å². The first-order chi connectivity index (χ1) is 45.3. The van der Waals surface area contributed by atoms with Gasteiger partial charge in [0.15, 0.2) is 16.1 Å². The lowest BCUT2D eigenvalue weighted by Gasteiger charge is -2.47. The Morgan fingerprint density at radius 3 is 1.27 bits per heavy atom. The fraction of sp³-hybridized carbons (Fsp3) is 0.0250. The third-order valence-corrected chi connectivity index (χ3v) is 27.4. The maximum atomic E-state index is 9.31. The highest BCUT2D eigenvalue weighted by Crippen LogP contribution is 2.57. The van der Waals surface area contributed by atoms with Crippen LogP contribution in [0.5, 0.6) is 0 Å². The second kappa shape index (κ2) is 20.0. The summed E-state index contributed by atoms with van der Waals surface area (Å²) < 4.78 is 92.2. The zero-order valence-electron chi connectivity index (χ0n) is 55.1. The van der Waals surface area contributed by atoms with E-state index in [0.717, 1.165) is 59.4 Å². The number of rotatable bonds is 11. The molecule has 1 aromatic heterocycles. The predicted octanol–water partition coefficient (Wildman–Crippen LogP) is 13.9. The van der Waals surface area contributed by atoms with Crippen LogP contribution in [0, 0.1) is 0 Å². The standard InChI is InChI=1S/C80H57NSi2/c1-7-27-56(28-8-1)58-31-23-41-64(53-58)83(63-39-17-6-18-40-63,65-42-24-32-59(54-65)57-29-9-2-10-30-57)76-50-26-47-71-77-68-44-19-20-45-69(68)80(79(71)76)78-70(77)46-25-49-75(78)81-73-48-22-21-43-67(73)72-55-66(51-52-74(72)81)82(60-33-11-3-12-34-60,61-35-13-4-14-36-61)62-37-15-5-16-38-62/h1-55,77,80H/i1D,2D,7D,8D,9D,10D,27D,28D,29D,30D. The van der Waals surface area contributed by atoms with Gasteiger partial charge in [-0.15, -0.1) is 0 Å². The summed E-state index contributed by atoms with van der Waals surface area (Å²) in [5.74, 6) is -0.556. The van der Waals surface area contributed by atoms with Crippen molar-refractivity contribution in [1.29, 1.82) is 0 Å². The first kappa shape index (κ1) is 39.5. The van der Waals surface area contributed by atoms with Crippen LogP contribution in [0.25, 0.3) is 49.7 Å². The molecule has 3 heteroatoms. The summed E-state index contributed by atoms with van der Waals surface area (Å²) in [6.07, 6.45) is 0. The van der Waals surface area contributed by atoms with Crippen molar-refractivity contribution in [2.75, 3.05) is 0 Å². The van der Waals surface area contributed by atoms with Gasteiger partial charge >= 0.3 is 0 Å². The molecule has 390 valence electrons. The third-order valence-electron chi connectivity index (χ3n) is 17.8. The van der Waals surface area contributed by atoms with Crippen molar-refractivity contribution in [3.63, 3.8) is 0 Å². The minimum Gasteiger partial charge on any atom is -0.309 e. The Morgan fingerprint density at radius 1 is 0.277 bits per heavy atom. The molecule has 0 radical (unpaired) electrons. The van der Waals surface area contributed by atoms with Gasteiger partial charge in [0.1, 0.15) is 0 Å². The molecular weight excluding hydrogens is 1030 g/mol. The summed E-state index contributed by atoms with van der Waals surface area (Å²) in [6.45, 7) is 0. The molecule has 1 nitrogen and oxygen atoms in total. The molecule has 1 heterocycles. The molecule has 13 aromatic carbocycles. The fourth-order valence-corrected chi connectivity index (χ4v) is 24.5. The van der Waals surface area contributed by atoms with Crippen LogP contribution in [0.4, 0.5) is 0 Å². The van der Waals surface area contributed by atoms with E-state index in [9.17, 15) is 5.48 Å². The van der Waals surface area contributed by atoms with E-state index in [-0.39, 0.29) is 47.1 Å². The Labute approximate surface area is 501 Å². The Bertz CT molecular complexity index is 5100. The van der Waals surface area contributed by atoms with Crippen LogP contribution in [0.2, 0.25) is 0 Å². The minimum absolute atomic E-state index is 0.0832. The van der Waals surface area contributed by atoms with Gasteiger partial charge in [0.05, 0.1) is 30.4 Å². The van der Waals surface area contributed by atoms with E-state index in [1.54, 1.807) is 0 Å². The average molecular weight is 1100 g/mol. The number of aromatic nitrogens is 1. The van der Waals surface area contributed by atoms with Gasteiger partial charge in [-0.2, -0.15) is 0 Å². The molecule has 0 saturated carbocycles. The van der Waals surface area contributed by atoms with Crippen molar-refractivity contribution in [1.82, 2.24) is 4.57 Å². The number of para-hydroxylation sites is 1. The Morgan fingerprint density at radius 2 is 0.699 bits per heavy atom. The predicted molar refractivity (Wildman–Crippen MR) is 354 cm³/mol. The van der Waals surface area contributed by atoms with Gasteiger partial charge in [-0.25, -0.2) is 0 Å². The molecule has 3 aliphatic carbocycles. The summed E-state index contributed by atoms with van der Waals surface area (Å²) in [6, 6.07) is 93.6. The van der Waals surface area contributed by atoms with Gasteiger partial charge in [-0.3, -0.25) is 0 Å². The molecule has 2 atom stereocenters. The van der Waals surface area contributed by atoms with Gasteiger partial charge < -0.3 is 4.57 Å². The smallest absolute Gasteiger partial charge is 0.179 e. The van der Waals surface area contributed by atoms with Crippen LogP contribution < -0.4 is 41.5 Å². The monoisotopic (exact) mass is 1100 g/mol. The lowest BCUT2D eigenvalue weighted by Crippen LogP contribution is -2.75. The lowest BCUT2D eigenvalue weighted by atomic mass is 9.60. The molecule has 14 aromatic rings. The SMILES string of the molecule is [2H]c1c([2H])c([2H])c(-c2cccc([Si](c3ccccc3)(c3cccc(-c4c([2H])c([2H])c([2H])c([2H])c4[2H])c3)c3cccc4c3C3c5ccccc5C4c4cccc(-n5c6ccccc6c6cc([Si](c7ccccc7)(c7ccccc7)c7ccccc7)ccc65)c43)c2)c([2H])c1[2H]. The van der Waals surface area contributed by atoms with Gasteiger partial charge in [-0.05, 0) is 115 Å². The van der Waals surface area contributed by atoms with E-state index in [2.05, 4.69) is 223 Å². The third kappa shape index (κ3) is 7.52.